The molecule has 2 aliphatic rings. The molecule has 0 saturated heterocycles. The molecule has 0 atom stereocenters. The number of hydrogen-bond acceptors (Lipinski definition) is 3. The first-order valence-corrected chi connectivity index (χ1v) is 10.0. The van der Waals surface area contributed by atoms with E-state index < -0.39 is 0 Å². The number of aromatic nitrogens is 3. The van der Waals surface area contributed by atoms with Gasteiger partial charge in [-0.1, -0.05) is 43.0 Å². The molecule has 0 bridgehead atoms. The fraction of sp³-hybridized carbons (Fsp3) is 0.579. The summed E-state index contributed by atoms with van der Waals surface area (Å²) in [6.07, 6.45) is 8.57. The molecule has 25 heavy (non-hydrogen) atoms. The van der Waals surface area contributed by atoms with Crippen molar-refractivity contribution >= 4 is 23.8 Å². The van der Waals surface area contributed by atoms with Crippen LogP contribution >= 0.6 is 23.8 Å². The molecule has 0 amide bonds. The van der Waals surface area contributed by atoms with Crippen molar-refractivity contribution in [2.75, 3.05) is 0 Å². The maximum absolute atomic E-state index is 6.09. The summed E-state index contributed by atoms with van der Waals surface area (Å²) in [7, 11) is 2.04. The van der Waals surface area contributed by atoms with Crippen LogP contribution in [-0.4, -0.2) is 14.3 Å². The Bertz CT molecular complexity index is 798. The zero-order valence-corrected chi connectivity index (χ0v) is 16.2. The molecule has 134 valence electrons. The van der Waals surface area contributed by atoms with Gasteiger partial charge in [0.25, 0.3) is 0 Å². The minimum atomic E-state index is -0.00508. The molecule has 6 heteroatoms. The molecular weight excluding hydrogens is 352 g/mol. The van der Waals surface area contributed by atoms with Crippen LogP contribution in [0.25, 0.3) is 0 Å². The maximum atomic E-state index is 6.09. The highest BCUT2D eigenvalue weighted by molar-refractivity contribution is 7.71. The highest BCUT2D eigenvalue weighted by Gasteiger charge is 2.34. The van der Waals surface area contributed by atoms with E-state index in [-0.39, 0.29) is 5.54 Å². The molecule has 4 nitrogen and oxygen atoms in total. The van der Waals surface area contributed by atoms with E-state index in [1.165, 1.54) is 37.7 Å². The molecule has 2 aromatic rings. The molecule has 1 heterocycles. The van der Waals surface area contributed by atoms with Crippen molar-refractivity contribution in [3.63, 3.8) is 0 Å². The minimum Gasteiger partial charge on any atom is -0.307 e. The molecule has 2 saturated carbocycles. The van der Waals surface area contributed by atoms with Crippen molar-refractivity contribution in [1.29, 1.82) is 0 Å². The molecule has 1 aromatic carbocycles. The van der Waals surface area contributed by atoms with E-state index in [0.717, 1.165) is 28.5 Å². The Morgan fingerprint density at radius 1 is 1.20 bits per heavy atom. The van der Waals surface area contributed by atoms with E-state index in [4.69, 9.17) is 28.9 Å². The van der Waals surface area contributed by atoms with Gasteiger partial charge in [0.2, 0.25) is 0 Å². The zero-order chi connectivity index (χ0) is 17.4. The summed E-state index contributed by atoms with van der Waals surface area (Å²) in [5.74, 6) is 1.74. The summed E-state index contributed by atoms with van der Waals surface area (Å²) in [6, 6.07) is 8.31. The van der Waals surface area contributed by atoms with Crippen molar-refractivity contribution in [2.45, 2.75) is 63.1 Å². The molecule has 0 aliphatic heterocycles. The highest BCUT2D eigenvalue weighted by Crippen LogP contribution is 2.39. The summed E-state index contributed by atoms with van der Waals surface area (Å²) in [5, 5.41) is 9.38. The second kappa shape index (κ2) is 6.86. The summed E-state index contributed by atoms with van der Waals surface area (Å²) < 4.78 is 4.83. The predicted molar refractivity (Wildman–Crippen MR) is 103 cm³/mol. The maximum Gasteiger partial charge on any atom is 0.198 e. The van der Waals surface area contributed by atoms with Gasteiger partial charge in [-0.05, 0) is 55.6 Å². The van der Waals surface area contributed by atoms with Crippen molar-refractivity contribution in [1.82, 2.24) is 19.7 Å². The number of nitrogens with zero attached hydrogens (tertiary/aromatic N) is 3. The number of rotatable bonds is 5. The van der Waals surface area contributed by atoms with Crippen molar-refractivity contribution in [2.24, 2.45) is 7.05 Å². The van der Waals surface area contributed by atoms with Gasteiger partial charge in [-0.2, -0.15) is 5.10 Å². The Morgan fingerprint density at radius 2 is 1.88 bits per heavy atom. The Kier molecular flexibility index (Phi) is 4.73. The molecule has 0 unspecified atom stereocenters. The normalized spacial score (nSPS) is 19.9. The Hall–Kier alpha value is -1.17. The van der Waals surface area contributed by atoms with Gasteiger partial charge < -0.3 is 4.57 Å². The molecule has 4 rings (SSSR count). The minimum absolute atomic E-state index is 0.00508. The van der Waals surface area contributed by atoms with Gasteiger partial charge in [-0.3, -0.25) is 5.32 Å². The molecule has 1 aromatic heterocycles. The van der Waals surface area contributed by atoms with Gasteiger partial charge in [-0.25, -0.2) is 4.68 Å². The van der Waals surface area contributed by atoms with E-state index in [1.54, 1.807) is 0 Å². The Labute approximate surface area is 159 Å². The molecule has 0 spiro atoms. The van der Waals surface area contributed by atoms with Crippen LogP contribution < -0.4 is 5.32 Å². The van der Waals surface area contributed by atoms with E-state index >= 15 is 0 Å². The standard InChI is InChI=1S/C19H25ClN4S/c1-23-17(14-5-6-14)22-24(18(23)25)13-21-19(11-3-2-4-12-19)15-7-9-16(20)10-8-15/h7-10,14,21H,2-6,11-13H2,1H3. The van der Waals surface area contributed by atoms with Gasteiger partial charge in [0.05, 0.1) is 6.67 Å². The molecule has 1 N–H and O–H groups in total. The average molecular weight is 377 g/mol. The summed E-state index contributed by atoms with van der Waals surface area (Å²) >= 11 is 11.7. The van der Waals surface area contributed by atoms with Crippen molar-refractivity contribution in [3.05, 3.63) is 45.4 Å². The largest absolute Gasteiger partial charge is 0.307 e. The summed E-state index contributed by atoms with van der Waals surface area (Å²) in [5.41, 5.74) is 1.32. The third-order valence-corrected chi connectivity index (χ3v) is 6.42. The molecule has 2 aliphatic carbocycles. The van der Waals surface area contributed by atoms with Gasteiger partial charge >= 0.3 is 0 Å². The lowest BCUT2D eigenvalue weighted by atomic mass is 9.76. The first-order valence-electron chi connectivity index (χ1n) is 9.24. The second-order valence-electron chi connectivity index (χ2n) is 7.46. The second-order valence-corrected chi connectivity index (χ2v) is 8.26. The SMILES string of the molecule is Cn1c(C2CC2)nn(CNC2(c3ccc(Cl)cc3)CCCCC2)c1=S. The van der Waals surface area contributed by atoms with Crippen LogP contribution in [0.2, 0.25) is 5.02 Å². The fourth-order valence-electron chi connectivity index (χ4n) is 4.02. The van der Waals surface area contributed by atoms with E-state index in [9.17, 15) is 0 Å². The van der Waals surface area contributed by atoms with Gasteiger partial charge in [0, 0.05) is 23.5 Å². The topological polar surface area (TPSA) is 34.8 Å². The van der Waals surface area contributed by atoms with Gasteiger partial charge in [-0.15, -0.1) is 0 Å². The third kappa shape index (κ3) is 3.42. The van der Waals surface area contributed by atoms with Crippen LogP contribution in [0.1, 0.15) is 62.3 Å². The summed E-state index contributed by atoms with van der Waals surface area (Å²) in [6.45, 7) is 0.655. The van der Waals surface area contributed by atoms with E-state index in [1.807, 2.05) is 23.9 Å². The van der Waals surface area contributed by atoms with E-state index in [2.05, 4.69) is 22.0 Å². The zero-order valence-electron chi connectivity index (χ0n) is 14.7. The fourth-order valence-corrected chi connectivity index (χ4v) is 4.35. The van der Waals surface area contributed by atoms with Gasteiger partial charge in [0.15, 0.2) is 4.77 Å². The van der Waals surface area contributed by atoms with Crippen LogP contribution in [-0.2, 0) is 19.3 Å². The number of halogens is 1. The summed E-state index contributed by atoms with van der Waals surface area (Å²) in [4.78, 5) is 0. The molecule has 0 radical (unpaired) electrons. The molecule has 2 fully saturated rings. The van der Waals surface area contributed by atoms with Crippen LogP contribution in [0.4, 0.5) is 0 Å². The quantitative estimate of drug-likeness (QED) is 0.754. The lowest BCUT2D eigenvalue weighted by Crippen LogP contribution is -2.45. The smallest absolute Gasteiger partial charge is 0.198 e. The molecular formula is C19H25ClN4S. The van der Waals surface area contributed by atoms with Crippen LogP contribution in [0, 0.1) is 4.77 Å². The Balaban J connectivity index is 1.58. The lowest BCUT2D eigenvalue weighted by Gasteiger charge is -2.39. The first kappa shape index (κ1) is 17.3. The average Bonchev–Trinajstić information content (AvgIpc) is 3.43. The van der Waals surface area contributed by atoms with E-state index in [0.29, 0.717) is 12.6 Å². The first-order chi connectivity index (χ1) is 12.1. The Morgan fingerprint density at radius 3 is 2.52 bits per heavy atom. The monoisotopic (exact) mass is 376 g/mol. The van der Waals surface area contributed by atoms with Gasteiger partial charge in [0.1, 0.15) is 5.82 Å². The number of nitrogens with one attached hydrogen (secondary N) is 1. The predicted octanol–water partition coefficient (Wildman–Crippen LogP) is 4.89. The third-order valence-electron chi connectivity index (χ3n) is 5.69. The number of hydrogen-bond donors (Lipinski definition) is 1. The van der Waals surface area contributed by atoms with Crippen LogP contribution in [0.3, 0.4) is 0 Å². The van der Waals surface area contributed by atoms with Crippen LogP contribution in [0.15, 0.2) is 24.3 Å². The van der Waals surface area contributed by atoms with Crippen molar-refractivity contribution < 1.29 is 0 Å². The highest BCUT2D eigenvalue weighted by atomic mass is 35.5. The van der Waals surface area contributed by atoms with Crippen molar-refractivity contribution in [3.8, 4) is 0 Å². The van der Waals surface area contributed by atoms with Crippen LogP contribution in [0.5, 0.6) is 0 Å². The lowest BCUT2D eigenvalue weighted by molar-refractivity contribution is 0.210. The number of benzene rings is 1.